The highest BCUT2D eigenvalue weighted by Crippen LogP contribution is 2.08. The van der Waals surface area contributed by atoms with Gasteiger partial charge in [0.2, 0.25) is 0 Å². The molecule has 0 aromatic heterocycles. The maximum atomic E-state index is 10.5. The number of benzene rings is 1. The predicted octanol–water partition coefficient (Wildman–Crippen LogP) is 0.766. The molecule has 1 aliphatic rings. The molecule has 1 aliphatic heterocycles. The molecule has 0 radical (unpaired) electrons. The minimum Gasteiger partial charge on any atom is -0.282 e. The minimum absolute atomic E-state index is 0.0666. The molecular formula is C11H13NO6S. The molecule has 0 aliphatic carbocycles. The summed E-state index contributed by atoms with van der Waals surface area (Å²) in [6.07, 6.45) is 0.296. The number of amides is 2. The van der Waals surface area contributed by atoms with Crippen LogP contribution >= 0.6 is 0 Å². The Morgan fingerprint density at radius 2 is 1.47 bits per heavy atom. The zero-order chi connectivity index (χ0) is 14.6. The highest BCUT2D eigenvalue weighted by Gasteiger charge is 2.26. The third-order valence-corrected chi connectivity index (χ3v) is 3.21. The van der Waals surface area contributed by atoms with Crippen molar-refractivity contribution in [3.63, 3.8) is 0 Å². The number of rotatable bonds is 1. The molecule has 0 saturated carbocycles. The number of aryl methyl sites for hydroxylation is 1. The van der Waals surface area contributed by atoms with E-state index in [0.29, 0.717) is 0 Å². The van der Waals surface area contributed by atoms with Gasteiger partial charge in [0.1, 0.15) is 0 Å². The summed E-state index contributed by atoms with van der Waals surface area (Å²) in [5.41, 5.74) is 0.956. The number of carbonyl (C=O) groups excluding carboxylic acids is 2. The first-order valence-electron chi connectivity index (χ1n) is 5.30. The molecule has 8 heteroatoms. The fourth-order valence-corrected chi connectivity index (χ4v) is 1.76. The van der Waals surface area contributed by atoms with Crippen LogP contribution in [0.4, 0.5) is 0 Å². The lowest BCUT2D eigenvalue weighted by molar-refractivity contribution is -0.171. The van der Waals surface area contributed by atoms with Gasteiger partial charge in [-0.3, -0.25) is 19.3 Å². The van der Waals surface area contributed by atoms with E-state index in [1.165, 1.54) is 12.1 Å². The van der Waals surface area contributed by atoms with Crippen molar-refractivity contribution in [3.05, 3.63) is 29.8 Å². The molecule has 1 aromatic rings. The van der Waals surface area contributed by atoms with Crippen molar-refractivity contribution >= 4 is 21.9 Å². The van der Waals surface area contributed by atoms with Crippen LogP contribution in [0.1, 0.15) is 18.4 Å². The largest absolute Gasteiger partial charge is 0.294 e. The third kappa shape index (κ3) is 4.43. The van der Waals surface area contributed by atoms with Crippen LogP contribution in [0, 0.1) is 6.92 Å². The van der Waals surface area contributed by atoms with Gasteiger partial charge < -0.3 is 0 Å². The standard InChI is InChI=1S/C7H8O3S.C4H5NO3/c1-6-2-4-7(5-3-6)11(8,9)10;6-3-1-2-4(7)5(3)8/h2-5H,1H3,(H,8,9,10);8H,1-2H2. The Morgan fingerprint density at radius 3 is 1.74 bits per heavy atom. The molecular weight excluding hydrogens is 274 g/mol. The quantitative estimate of drug-likeness (QED) is 0.448. The molecule has 1 saturated heterocycles. The molecule has 2 N–H and O–H groups in total. The Bertz CT molecular complexity index is 562. The molecule has 104 valence electrons. The van der Waals surface area contributed by atoms with Crippen LogP contribution in [0.3, 0.4) is 0 Å². The van der Waals surface area contributed by atoms with Crippen molar-refractivity contribution < 1.29 is 27.8 Å². The van der Waals surface area contributed by atoms with Gasteiger partial charge in [0.05, 0.1) is 4.90 Å². The van der Waals surface area contributed by atoms with E-state index in [4.69, 9.17) is 9.76 Å². The molecule has 2 rings (SSSR count). The summed E-state index contributed by atoms with van der Waals surface area (Å²) in [6.45, 7) is 1.84. The van der Waals surface area contributed by atoms with Gasteiger partial charge in [0.25, 0.3) is 21.9 Å². The van der Waals surface area contributed by atoms with Gasteiger partial charge in [0.15, 0.2) is 0 Å². The molecule has 1 aromatic carbocycles. The number of imide groups is 1. The second kappa shape index (κ2) is 5.91. The SMILES string of the molecule is Cc1ccc(S(=O)(=O)O)cc1.O=C1CCC(=O)N1O. The van der Waals surface area contributed by atoms with E-state index in [-0.39, 0.29) is 22.8 Å². The van der Waals surface area contributed by atoms with Gasteiger partial charge >= 0.3 is 0 Å². The maximum absolute atomic E-state index is 10.5. The topological polar surface area (TPSA) is 112 Å². The van der Waals surface area contributed by atoms with Crippen molar-refractivity contribution in [1.29, 1.82) is 0 Å². The zero-order valence-corrected chi connectivity index (χ0v) is 10.9. The predicted molar refractivity (Wildman–Crippen MR) is 63.9 cm³/mol. The number of hydrogen-bond donors (Lipinski definition) is 2. The Balaban J connectivity index is 0.000000200. The summed E-state index contributed by atoms with van der Waals surface area (Å²) >= 11 is 0. The smallest absolute Gasteiger partial charge is 0.282 e. The van der Waals surface area contributed by atoms with E-state index in [9.17, 15) is 18.0 Å². The summed E-state index contributed by atoms with van der Waals surface area (Å²) in [4.78, 5) is 20.4. The highest BCUT2D eigenvalue weighted by molar-refractivity contribution is 7.85. The summed E-state index contributed by atoms with van der Waals surface area (Å²) in [7, 11) is -4.02. The monoisotopic (exact) mass is 287 g/mol. The van der Waals surface area contributed by atoms with Crippen molar-refractivity contribution in [2.75, 3.05) is 0 Å². The maximum Gasteiger partial charge on any atom is 0.294 e. The Kier molecular flexibility index (Phi) is 4.76. The first kappa shape index (κ1) is 15.3. The van der Waals surface area contributed by atoms with Crippen LogP contribution in [-0.2, 0) is 19.7 Å². The lowest BCUT2D eigenvalue weighted by Gasteiger charge is -1.98. The highest BCUT2D eigenvalue weighted by atomic mass is 32.2. The first-order chi connectivity index (χ1) is 8.71. The third-order valence-electron chi connectivity index (χ3n) is 2.34. The van der Waals surface area contributed by atoms with Crippen LogP contribution in [0.15, 0.2) is 29.2 Å². The van der Waals surface area contributed by atoms with Gasteiger partial charge in [-0.2, -0.15) is 13.5 Å². The van der Waals surface area contributed by atoms with E-state index in [1.807, 2.05) is 6.92 Å². The van der Waals surface area contributed by atoms with Gasteiger partial charge in [-0.15, -0.1) is 0 Å². The Labute approximate surface area is 110 Å². The molecule has 0 bridgehead atoms. The second-order valence-electron chi connectivity index (χ2n) is 3.89. The molecule has 7 nitrogen and oxygen atoms in total. The summed E-state index contributed by atoms with van der Waals surface area (Å²) in [6, 6.07) is 5.99. The molecule has 0 spiro atoms. The second-order valence-corrected chi connectivity index (χ2v) is 5.31. The van der Waals surface area contributed by atoms with Crippen molar-refractivity contribution in [2.45, 2.75) is 24.7 Å². The van der Waals surface area contributed by atoms with E-state index >= 15 is 0 Å². The van der Waals surface area contributed by atoms with Crippen molar-refractivity contribution in [1.82, 2.24) is 5.06 Å². The number of carbonyl (C=O) groups is 2. The Hall–Kier alpha value is -1.77. The summed E-state index contributed by atoms with van der Waals surface area (Å²) < 4.78 is 29.6. The number of hydrogen-bond acceptors (Lipinski definition) is 5. The fourth-order valence-electron chi connectivity index (χ4n) is 1.27. The fraction of sp³-hybridized carbons (Fsp3) is 0.273. The summed E-state index contributed by atoms with van der Waals surface area (Å²) in [5, 5.41) is 8.57. The van der Waals surface area contributed by atoms with E-state index < -0.39 is 21.9 Å². The van der Waals surface area contributed by atoms with Gasteiger partial charge in [-0.1, -0.05) is 17.7 Å². The normalized spacial score (nSPS) is 15.2. The van der Waals surface area contributed by atoms with Crippen LogP contribution in [-0.4, -0.2) is 35.1 Å². The molecule has 2 amide bonds. The molecule has 1 heterocycles. The van der Waals surface area contributed by atoms with Crippen molar-refractivity contribution in [2.24, 2.45) is 0 Å². The van der Waals surface area contributed by atoms with Crippen LogP contribution in [0.2, 0.25) is 0 Å². The summed E-state index contributed by atoms with van der Waals surface area (Å²) in [5.74, 6) is -1.01. The van der Waals surface area contributed by atoms with Gasteiger partial charge in [-0.25, -0.2) is 0 Å². The molecule has 0 atom stereocenters. The van der Waals surface area contributed by atoms with E-state index in [1.54, 1.807) is 12.1 Å². The first-order valence-corrected chi connectivity index (χ1v) is 6.74. The van der Waals surface area contributed by atoms with Gasteiger partial charge in [-0.05, 0) is 19.1 Å². The average molecular weight is 287 g/mol. The van der Waals surface area contributed by atoms with Gasteiger partial charge in [0, 0.05) is 12.8 Å². The lowest BCUT2D eigenvalue weighted by atomic mass is 10.2. The molecule has 1 fully saturated rings. The minimum atomic E-state index is -4.02. The van der Waals surface area contributed by atoms with Crippen molar-refractivity contribution in [3.8, 4) is 0 Å². The Morgan fingerprint density at radius 1 is 1.05 bits per heavy atom. The van der Waals surface area contributed by atoms with Crippen LogP contribution in [0.25, 0.3) is 0 Å². The number of hydroxylamine groups is 2. The van der Waals surface area contributed by atoms with E-state index in [2.05, 4.69) is 0 Å². The zero-order valence-electron chi connectivity index (χ0n) is 10.1. The van der Waals surface area contributed by atoms with Crippen LogP contribution in [0.5, 0.6) is 0 Å². The average Bonchev–Trinajstić information content (AvgIpc) is 2.61. The molecule has 0 unspecified atom stereocenters. The van der Waals surface area contributed by atoms with Crippen LogP contribution < -0.4 is 0 Å². The number of nitrogens with zero attached hydrogens (tertiary/aromatic N) is 1. The molecule has 19 heavy (non-hydrogen) atoms. The van der Waals surface area contributed by atoms with E-state index in [0.717, 1.165) is 5.56 Å². The lowest BCUT2D eigenvalue weighted by Crippen LogP contribution is -2.24.